The summed E-state index contributed by atoms with van der Waals surface area (Å²) in [5, 5.41) is 0. The van der Waals surface area contributed by atoms with Gasteiger partial charge in [0.15, 0.2) is 0 Å². The quantitative estimate of drug-likeness (QED) is 0.735. The van der Waals surface area contributed by atoms with Crippen LogP contribution in [0.25, 0.3) is 0 Å². The van der Waals surface area contributed by atoms with Crippen molar-refractivity contribution in [1.29, 1.82) is 0 Å². The highest BCUT2D eigenvalue weighted by Crippen LogP contribution is 2.27. The molecule has 0 amide bonds. The molecule has 1 unspecified atom stereocenters. The lowest BCUT2D eigenvalue weighted by Gasteiger charge is -2.31. The third-order valence-corrected chi connectivity index (χ3v) is 4.72. The number of halogens is 3. The van der Waals surface area contributed by atoms with Crippen molar-refractivity contribution < 1.29 is 21.9 Å². The van der Waals surface area contributed by atoms with Gasteiger partial charge in [-0.15, -0.1) is 12.4 Å². The first kappa shape index (κ1) is 22.0. The second-order valence-electron chi connectivity index (χ2n) is 5.79. The van der Waals surface area contributed by atoms with Crippen LogP contribution in [-0.2, 0) is 10.0 Å². The maximum absolute atomic E-state index is 12.5. The van der Waals surface area contributed by atoms with Gasteiger partial charge in [0, 0.05) is 12.1 Å². The third kappa shape index (κ3) is 6.58. The van der Waals surface area contributed by atoms with E-state index in [9.17, 15) is 17.2 Å². The van der Waals surface area contributed by atoms with Crippen molar-refractivity contribution in [1.82, 2.24) is 4.72 Å². The zero-order valence-corrected chi connectivity index (χ0v) is 14.9. The van der Waals surface area contributed by atoms with E-state index in [4.69, 9.17) is 5.73 Å². The normalized spacial score (nSPS) is 14.4. The summed E-state index contributed by atoms with van der Waals surface area (Å²) in [6.45, 7) is 2.54. The maximum atomic E-state index is 12.5. The van der Waals surface area contributed by atoms with E-state index in [1.165, 1.54) is 24.3 Å². The van der Waals surface area contributed by atoms with Crippen LogP contribution in [0.5, 0.6) is 5.75 Å². The predicted molar refractivity (Wildman–Crippen MR) is 87.6 cm³/mol. The van der Waals surface area contributed by atoms with E-state index >= 15 is 0 Å². The largest absolute Gasteiger partial charge is 0.433 e. The van der Waals surface area contributed by atoms with E-state index < -0.39 is 27.9 Å². The maximum Gasteiger partial charge on any atom is 0.387 e. The number of ether oxygens (including phenoxy) is 1. The van der Waals surface area contributed by atoms with Crippen molar-refractivity contribution >= 4 is 22.4 Å². The number of rotatable bonds is 8. The van der Waals surface area contributed by atoms with E-state index in [0.717, 1.165) is 0 Å². The third-order valence-electron chi connectivity index (χ3n) is 3.04. The van der Waals surface area contributed by atoms with Crippen LogP contribution in [0.2, 0.25) is 0 Å². The topological polar surface area (TPSA) is 81.4 Å². The summed E-state index contributed by atoms with van der Waals surface area (Å²) in [4.78, 5) is -0.335. The highest BCUT2D eigenvalue weighted by atomic mass is 35.5. The lowest BCUT2D eigenvalue weighted by Crippen LogP contribution is -2.52. The molecule has 0 saturated carbocycles. The van der Waals surface area contributed by atoms with Crippen LogP contribution in [0.4, 0.5) is 8.78 Å². The minimum absolute atomic E-state index is 0. The fraction of sp³-hybridized carbons (Fsp3) is 0.571. The first-order valence-electron chi connectivity index (χ1n) is 6.87. The molecule has 0 bridgehead atoms. The van der Waals surface area contributed by atoms with Gasteiger partial charge in [0.2, 0.25) is 10.0 Å². The molecule has 1 rings (SSSR count). The number of nitrogens with two attached hydrogens (primary N) is 1. The summed E-state index contributed by atoms with van der Waals surface area (Å²) in [5.74, 6) is -0.183. The van der Waals surface area contributed by atoms with Crippen LogP contribution in [0, 0.1) is 5.92 Å². The molecule has 1 aromatic rings. The molecule has 0 aromatic heterocycles. The van der Waals surface area contributed by atoms with Gasteiger partial charge in [-0.25, -0.2) is 13.1 Å². The Morgan fingerprint density at radius 2 is 1.87 bits per heavy atom. The van der Waals surface area contributed by atoms with Crippen LogP contribution in [0.3, 0.4) is 0 Å². The van der Waals surface area contributed by atoms with Gasteiger partial charge in [0.25, 0.3) is 0 Å². The fourth-order valence-electron chi connectivity index (χ4n) is 2.31. The standard InChI is InChI=1S/C14H22F2N2O3S.ClH/c1-10(2)8-14(3,9-17)18-22(19,20)12-7-5-4-6-11(12)21-13(15)16;/h4-7,10,13,18H,8-9,17H2,1-3H3;1H. The Morgan fingerprint density at radius 1 is 1.30 bits per heavy atom. The molecule has 0 saturated heterocycles. The Morgan fingerprint density at radius 3 is 2.35 bits per heavy atom. The van der Waals surface area contributed by atoms with Crippen molar-refractivity contribution in [3.8, 4) is 5.75 Å². The first-order chi connectivity index (χ1) is 10.1. The molecule has 0 aliphatic heterocycles. The molecule has 3 N–H and O–H groups in total. The summed E-state index contributed by atoms with van der Waals surface area (Å²) in [7, 11) is -4.04. The lowest BCUT2D eigenvalue weighted by atomic mass is 9.92. The smallest absolute Gasteiger partial charge is 0.387 e. The number of benzene rings is 1. The fourth-order valence-corrected chi connectivity index (χ4v) is 3.88. The number of alkyl halides is 2. The molecular weight excluding hydrogens is 350 g/mol. The van der Waals surface area contributed by atoms with Gasteiger partial charge in [-0.05, 0) is 31.4 Å². The zero-order valence-electron chi connectivity index (χ0n) is 13.3. The van der Waals surface area contributed by atoms with Gasteiger partial charge >= 0.3 is 6.61 Å². The van der Waals surface area contributed by atoms with Crippen molar-refractivity contribution in [3.63, 3.8) is 0 Å². The van der Waals surface area contributed by atoms with E-state index in [1.54, 1.807) is 6.92 Å². The number of sulfonamides is 1. The highest BCUT2D eigenvalue weighted by Gasteiger charge is 2.32. The van der Waals surface area contributed by atoms with E-state index in [2.05, 4.69) is 9.46 Å². The molecule has 9 heteroatoms. The average Bonchev–Trinajstić information content (AvgIpc) is 2.36. The highest BCUT2D eigenvalue weighted by molar-refractivity contribution is 7.89. The van der Waals surface area contributed by atoms with Crippen molar-refractivity contribution in [3.05, 3.63) is 24.3 Å². The monoisotopic (exact) mass is 372 g/mol. The molecular formula is C14H23ClF2N2O3S. The molecule has 23 heavy (non-hydrogen) atoms. The number of para-hydroxylation sites is 1. The molecule has 0 fully saturated rings. The van der Waals surface area contributed by atoms with E-state index in [-0.39, 0.29) is 29.8 Å². The molecule has 0 aliphatic rings. The molecule has 0 spiro atoms. The second-order valence-corrected chi connectivity index (χ2v) is 7.44. The van der Waals surface area contributed by atoms with Crippen molar-refractivity contribution in [2.24, 2.45) is 11.7 Å². The Hall–Kier alpha value is -0.960. The summed E-state index contributed by atoms with van der Waals surface area (Å²) < 4.78 is 56.6. The predicted octanol–water partition coefficient (Wildman–Crippen LogP) is 2.75. The SMILES string of the molecule is CC(C)CC(C)(CN)NS(=O)(=O)c1ccccc1OC(F)F.Cl. The Labute approximate surface area is 142 Å². The van der Waals surface area contributed by atoms with Gasteiger partial charge in [-0.1, -0.05) is 26.0 Å². The summed E-state index contributed by atoms with van der Waals surface area (Å²) in [6.07, 6.45) is 0.514. The second kappa shape index (κ2) is 8.77. The van der Waals surface area contributed by atoms with Gasteiger partial charge in [0.05, 0.1) is 0 Å². The van der Waals surface area contributed by atoms with Crippen LogP contribution >= 0.6 is 12.4 Å². The van der Waals surface area contributed by atoms with Crippen LogP contribution in [0.1, 0.15) is 27.2 Å². The zero-order chi connectivity index (χ0) is 17.0. The molecule has 134 valence electrons. The molecule has 1 atom stereocenters. The summed E-state index contributed by atoms with van der Waals surface area (Å²) in [6, 6.07) is 5.26. The minimum atomic E-state index is -4.04. The summed E-state index contributed by atoms with van der Waals surface area (Å²) in [5.41, 5.74) is 4.81. The molecule has 0 heterocycles. The minimum Gasteiger partial charge on any atom is -0.433 e. The van der Waals surface area contributed by atoms with Gasteiger partial charge in [0.1, 0.15) is 10.6 Å². The van der Waals surface area contributed by atoms with E-state index in [0.29, 0.717) is 6.42 Å². The van der Waals surface area contributed by atoms with E-state index in [1.807, 2.05) is 13.8 Å². The molecule has 0 radical (unpaired) electrons. The Balaban J connectivity index is 0.00000484. The number of hydrogen-bond acceptors (Lipinski definition) is 4. The molecule has 0 aliphatic carbocycles. The van der Waals surface area contributed by atoms with Crippen LogP contribution < -0.4 is 15.2 Å². The average molecular weight is 373 g/mol. The molecule has 5 nitrogen and oxygen atoms in total. The molecule has 1 aromatic carbocycles. The van der Waals surface area contributed by atoms with Crippen LogP contribution in [0.15, 0.2) is 29.2 Å². The first-order valence-corrected chi connectivity index (χ1v) is 8.36. The number of hydrogen-bond donors (Lipinski definition) is 2. The van der Waals surface area contributed by atoms with Crippen LogP contribution in [-0.4, -0.2) is 27.1 Å². The van der Waals surface area contributed by atoms with Gasteiger partial charge in [-0.2, -0.15) is 8.78 Å². The van der Waals surface area contributed by atoms with Crippen molar-refractivity contribution in [2.45, 2.75) is 44.2 Å². The summed E-state index contributed by atoms with van der Waals surface area (Å²) >= 11 is 0. The van der Waals surface area contributed by atoms with Crippen molar-refractivity contribution in [2.75, 3.05) is 6.54 Å². The number of nitrogens with one attached hydrogen (secondary N) is 1. The Kier molecular flexibility index (Phi) is 8.40. The lowest BCUT2D eigenvalue weighted by molar-refractivity contribution is -0.0517. The Bertz CT molecular complexity index is 599. The van der Waals surface area contributed by atoms with Gasteiger partial charge < -0.3 is 10.5 Å². The van der Waals surface area contributed by atoms with Gasteiger partial charge in [-0.3, -0.25) is 0 Å².